The zero-order valence-electron chi connectivity index (χ0n) is 15.1. The van der Waals surface area contributed by atoms with Crippen molar-refractivity contribution in [2.45, 2.75) is 39.9 Å². The average Bonchev–Trinajstić information content (AvgIpc) is 2.64. The van der Waals surface area contributed by atoms with E-state index in [0.717, 1.165) is 18.6 Å². The molecule has 0 bridgehead atoms. The molecular formula is C20H28F3NO. The van der Waals surface area contributed by atoms with Crippen LogP contribution in [0.3, 0.4) is 0 Å². The molecule has 0 aliphatic heterocycles. The second-order valence-corrected chi connectivity index (χ2v) is 4.94. The minimum absolute atomic E-state index is 0.0288. The molecule has 0 aliphatic carbocycles. The van der Waals surface area contributed by atoms with E-state index >= 15 is 0 Å². The van der Waals surface area contributed by atoms with Crippen molar-refractivity contribution < 1.29 is 18.3 Å². The lowest BCUT2D eigenvalue weighted by atomic mass is 10.1. The Kier molecular flexibility index (Phi) is 12.4. The second-order valence-electron chi connectivity index (χ2n) is 4.94. The van der Waals surface area contributed by atoms with Crippen LogP contribution >= 0.6 is 0 Å². The first-order chi connectivity index (χ1) is 12.0. The number of hydrogen-bond acceptors (Lipinski definition) is 2. The standard InChI is InChI=1S/C10H12F3NO.C8H10.C2H6/c11-10(12,13)9-3-1-2-8(6-9)7-14-4-5-15;1-2-8-6-4-3-5-7-8;1-2/h1-3,6,14-15H,4-5,7H2;3-7H,2H2,1H3;1-2H3. The molecule has 0 heterocycles. The molecule has 0 unspecified atom stereocenters. The van der Waals surface area contributed by atoms with Crippen LogP contribution in [0.2, 0.25) is 0 Å². The Balaban J connectivity index is 0.000000483. The summed E-state index contributed by atoms with van der Waals surface area (Å²) >= 11 is 0. The van der Waals surface area contributed by atoms with Gasteiger partial charge in [0.05, 0.1) is 12.2 Å². The quantitative estimate of drug-likeness (QED) is 0.735. The van der Waals surface area contributed by atoms with Crippen molar-refractivity contribution in [3.05, 3.63) is 71.3 Å². The molecule has 0 saturated heterocycles. The lowest BCUT2D eigenvalue weighted by Gasteiger charge is -2.08. The number of halogens is 3. The predicted molar refractivity (Wildman–Crippen MR) is 97.4 cm³/mol. The molecule has 0 atom stereocenters. The van der Waals surface area contributed by atoms with E-state index in [4.69, 9.17) is 5.11 Å². The molecule has 5 heteroatoms. The van der Waals surface area contributed by atoms with Crippen LogP contribution in [0.5, 0.6) is 0 Å². The molecule has 0 aliphatic rings. The van der Waals surface area contributed by atoms with Crippen LogP contribution in [-0.4, -0.2) is 18.3 Å². The molecule has 0 aromatic heterocycles. The molecule has 2 nitrogen and oxygen atoms in total. The van der Waals surface area contributed by atoms with Crippen LogP contribution in [0.15, 0.2) is 54.6 Å². The maximum absolute atomic E-state index is 12.3. The largest absolute Gasteiger partial charge is 0.416 e. The van der Waals surface area contributed by atoms with Gasteiger partial charge in [0.25, 0.3) is 0 Å². The molecule has 140 valence electrons. The van der Waals surface area contributed by atoms with Gasteiger partial charge in [-0.2, -0.15) is 13.2 Å². The molecule has 0 saturated carbocycles. The van der Waals surface area contributed by atoms with E-state index in [1.807, 2.05) is 19.9 Å². The number of hydrogen-bond donors (Lipinski definition) is 2. The van der Waals surface area contributed by atoms with Gasteiger partial charge in [-0.1, -0.05) is 69.3 Å². The van der Waals surface area contributed by atoms with Crippen LogP contribution in [-0.2, 0) is 19.1 Å². The number of rotatable bonds is 5. The summed E-state index contributed by atoms with van der Waals surface area (Å²) in [5, 5.41) is 11.3. The van der Waals surface area contributed by atoms with Gasteiger partial charge in [-0.3, -0.25) is 0 Å². The highest BCUT2D eigenvalue weighted by Crippen LogP contribution is 2.29. The molecule has 2 aromatic carbocycles. The Morgan fingerprint density at radius 3 is 2.00 bits per heavy atom. The van der Waals surface area contributed by atoms with Gasteiger partial charge in [-0.15, -0.1) is 0 Å². The third kappa shape index (κ3) is 10.6. The van der Waals surface area contributed by atoms with Gasteiger partial charge in [0.1, 0.15) is 0 Å². The molecule has 0 amide bonds. The van der Waals surface area contributed by atoms with E-state index in [1.165, 1.54) is 11.6 Å². The zero-order valence-corrected chi connectivity index (χ0v) is 15.1. The number of nitrogens with one attached hydrogen (secondary N) is 1. The van der Waals surface area contributed by atoms with Gasteiger partial charge < -0.3 is 10.4 Å². The van der Waals surface area contributed by atoms with Crippen molar-refractivity contribution >= 4 is 0 Å². The molecule has 25 heavy (non-hydrogen) atoms. The van der Waals surface area contributed by atoms with Gasteiger partial charge in [0, 0.05) is 13.1 Å². The number of benzene rings is 2. The lowest BCUT2D eigenvalue weighted by Crippen LogP contribution is -2.17. The van der Waals surface area contributed by atoms with Crippen LogP contribution in [0, 0.1) is 0 Å². The molecule has 0 fully saturated rings. The highest BCUT2D eigenvalue weighted by molar-refractivity contribution is 5.25. The van der Waals surface area contributed by atoms with Crippen molar-refractivity contribution in [2.75, 3.05) is 13.2 Å². The fourth-order valence-electron chi connectivity index (χ4n) is 1.88. The monoisotopic (exact) mass is 355 g/mol. The van der Waals surface area contributed by atoms with Crippen molar-refractivity contribution in [1.82, 2.24) is 5.32 Å². The summed E-state index contributed by atoms with van der Waals surface area (Å²) < 4.78 is 36.9. The minimum atomic E-state index is -4.30. The summed E-state index contributed by atoms with van der Waals surface area (Å²) in [5.74, 6) is 0. The molecular weight excluding hydrogens is 327 g/mol. The number of aryl methyl sites for hydroxylation is 1. The SMILES string of the molecule is CC.CCc1ccccc1.OCCNCc1cccc(C(F)(F)F)c1. The fraction of sp³-hybridized carbons (Fsp3) is 0.400. The third-order valence-electron chi connectivity index (χ3n) is 3.12. The third-order valence-corrected chi connectivity index (χ3v) is 3.12. The Labute approximate surface area is 148 Å². The predicted octanol–water partition coefficient (Wildman–Crippen LogP) is 5.06. The van der Waals surface area contributed by atoms with Gasteiger partial charge >= 0.3 is 6.18 Å². The van der Waals surface area contributed by atoms with Crippen LogP contribution in [0.1, 0.15) is 37.5 Å². The molecule has 2 N–H and O–H groups in total. The summed E-state index contributed by atoms with van der Waals surface area (Å²) in [6.07, 6.45) is -3.16. The van der Waals surface area contributed by atoms with E-state index in [-0.39, 0.29) is 6.61 Å². The smallest absolute Gasteiger partial charge is 0.395 e. The Hall–Kier alpha value is -1.85. The van der Waals surface area contributed by atoms with Gasteiger partial charge in [-0.05, 0) is 23.6 Å². The minimum Gasteiger partial charge on any atom is -0.395 e. The maximum Gasteiger partial charge on any atom is 0.416 e. The number of alkyl halides is 3. The van der Waals surface area contributed by atoms with E-state index < -0.39 is 11.7 Å². The van der Waals surface area contributed by atoms with E-state index in [2.05, 4.69) is 36.5 Å². The number of aliphatic hydroxyl groups excluding tert-OH is 1. The van der Waals surface area contributed by atoms with E-state index in [9.17, 15) is 13.2 Å². The first-order valence-electron chi connectivity index (χ1n) is 8.49. The highest BCUT2D eigenvalue weighted by Gasteiger charge is 2.30. The first kappa shape index (κ1) is 23.1. The Morgan fingerprint density at radius 2 is 1.52 bits per heavy atom. The van der Waals surface area contributed by atoms with Crippen LogP contribution in [0.25, 0.3) is 0 Å². The average molecular weight is 355 g/mol. The summed E-state index contributed by atoms with van der Waals surface area (Å²) in [7, 11) is 0. The van der Waals surface area contributed by atoms with Gasteiger partial charge in [0.2, 0.25) is 0 Å². The molecule has 2 rings (SSSR count). The zero-order chi connectivity index (χ0) is 19.1. The van der Waals surface area contributed by atoms with Crippen molar-refractivity contribution in [2.24, 2.45) is 0 Å². The summed E-state index contributed by atoms with van der Waals surface area (Å²) in [5.41, 5.74) is 1.32. The van der Waals surface area contributed by atoms with E-state index in [0.29, 0.717) is 18.7 Å². The van der Waals surface area contributed by atoms with Gasteiger partial charge in [0.15, 0.2) is 0 Å². The molecule has 0 spiro atoms. The summed E-state index contributed by atoms with van der Waals surface area (Å²) in [6.45, 7) is 6.83. The highest BCUT2D eigenvalue weighted by atomic mass is 19.4. The van der Waals surface area contributed by atoms with Crippen molar-refractivity contribution in [3.8, 4) is 0 Å². The lowest BCUT2D eigenvalue weighted by molar-refractivity contribution is -0.137. The Morgan fingerprint density at radius 1 is 0.920 bits per heavy atom. The van der Waals surface area contributed by atoms with Crippen LogP contribution in [0.4, 0.5) is 13.2 Å². The van der Waals surface area contributed by atoms with Crippen molar-refractivity contribution in [3.63, 3.8) is 0 Å². The summed E-state index contributed by atoms with van der Waals surface area (Å²) in [4.78, 5) is 0. The normalized spacial score (nSPS) is 10.2. The Bertz CT molecular complexity index is 556. The topological polar surface area (TPSA) is 32.3 Å². The second kappa shape index (κ2) is 13.4. The molecule has 2 aromatic rings. The molecule has 0 radical (unpaired) electrons. The van der Waals surface area contributed by atoms with Crippen LogP contribution < -0.4 is 5.32 Å². The van der Waals surface area contributed by atoms with Crippen molar-refractivity contribution in [1.29, 1.82) is 0 Å². The van der Waals surface area contributed by atoms with E-state index in [1.54, 1.807) is 6.07 Å². The number of aliphatic hydroxyl groups is 1. The summed E-state index contributed by atoms with van der Waals surface area (Å²) in [6, 6.07) is 15.6. The maximum atomic E-state index is 12.3. The first-order valence-corrected chi connectivity index (χ1v) is 8.49. The van der Waals surface area contributed by atoms with Gasteiger partial charge in [-0.25, -0.2) is 0 Å². The fourth-order valence-corrected chi connectivity index (χ4v) is 1.88.